The van der Waals surface area contributed by atoms with Crippen molar-refractivity contribution in [2.45, 2.75) is 43.7 Å². The van der Waals surface area contributed by atoms with Crippen LogP contribution in [0, 0.1) is 11.7 Å². The summed E-state index contributed by atoms with van der Waals surface area (Å²) in [6.07, 6.45) is 5.13. The summed E-state index contributed by atoms with van der Waals surface area (Å²) in [6, 6.07) is 16.3. The number of halogens is 1. The molecule has 1 unspecified atom stereocenters. The molecule has 1 aliphatic carbocycles. The van der Waals surface area contributed by atoms with Crippen molar-refractivity contribution in [2.24, 2.45) is 5.92 Å². The van der Waals surface area contributed by atoms with E-state index >= 15 is 0 Å². The number of aromatic nitrogens is 1. The zero-order valence-electron chi connectivity index (χ0n) is 17.2. The molecule has 152 valence electrons. The third-order valence-electron chi connectivity index (χ3n) is 7.04. The monoisotopic (exact) mass is 392 g/mol. The van der Waals surface area contributed by atoms with Crippen molar-refractivity contribution in [1.82, 2.24) is 9.88 Å². The molecular weight excluding hydrogens is 363 g/mol. The van der Waals surface area contributed by atoms with Gasteiger partial charge in [0.25, 0.3) is 0 Å². The lowest BCUT2D eigenvalue weighted by Gasteiger charge is -2.45. The molecule has 1 aromatic heterocycles. The molecule has 0 bridgehead atoms. The van der Waals surface area contributed by atoms with Crippen LogP contribution >= 0.6 is 0 Å². The maximum atomic E-state index is 13.8. The maximum Gasteiger partial charge on any atom is 0.123 e. The maximum absolute atomic E-state index is 13.8. The Labute approximate surface area is 171 Å². The van der Waals surface area contributed by atoms with Crippen molar-refractivity contribution in [3.63, 3.8) is 0 Å². The SMILES string of the molecule is CN(C)C(c1ccccc1)C1CCC2(CC1)OCCc1c2[nH]c2ccc(F)cc12. The summed E-state index contributed by atoms with van der Waals surface area (Å²) in [5, 5.41) is 1.03. The number of nitrogens with zero attached hydrogens (tertiary/aromatic N) is 1. The summed E-state index contributed by atoms with van der Waals surface area (Å²) < 4.78 is 20.3. The second-order valence-electron chi connectivity index (χ2n) is 8.92. The van der Waals surface area contributed by atoms with Crippen LogP contribution in [0.2, 0.25) is 0 Å². The first-order valence-electron chi connectivity index (χ1n) is 10.7. The van der Waals surface area contributed by atoms with Gasteiger partial charge in [0.15, 0.2) is 0 Å². The van der Waals surface area contributed by atoms with E-state index in [9.17, 15) is 4.39 Å². The molecule has 29 heavy (non-hydrogen) atoms. The van der Waals surface area contributed by atoms with Crippen molar-refractivity contribution in [1.29, 1.82) is 0 Å². The minimum absolute atomic E-state index is 0.166. The first-order valence-corrected chi connectivity index (χ1v) is 10.7. The third kappa shape index (κ3) is 3.19. The van der Waals surface area contributed by atoms with Gasteiger partial charge in [0.2, 0.25) is 0 Å². The quantitative estimate of drug-likeness (QED) is 0.631. The fourth-order valence-electron chi connectivity index (χ4n) is 5.75. The van der Waals surface area contributed by atoms with E-state index in [4.69, 9.17) is 4.74 Å². The number of ether oxygens (including phenoxy) is 1. The summed E-state index contributed by atoms with van der Waals surface area (Å²) in [5.74, 6) is 0.439. The average Bonchev–Trinajstić information content (AvgIpc) is 3.10. The van der Waals surface area contributed by atoms with Gasteiger partial charge in [-0.25, -0.2) is 4.39 Å². The first kappa shape index (κ1) is 18.8. The van der Waals surface area contributed by atoms with Crippen LogP contribution in [-0.2, 0) is 16.8 Å². The normalized spacial score (nSPS) is 25.4. The molecule has 1 fully saturated rings. The van der Waals surface area contributed by atoms with E-state index in [0.717, 1.165) is 49.6 Å². The molecule has 0 saturated heterocycles. The van der Waals surface area contributed by atoms with E-state index in [1.807, 2.05) is 6.07 Å². The van der Waals surface area contributed by atoms with E-state index in [0.29, 0.717) is 12.0 Å². The molecule has 1 N–H and O–H groups in total. The standard InChI is InChI=1S/C25H29FN2O/c1-28(2)23(17-6-4-3-5-7-17)18-10-13-25(14-11-18)24-20(12-15-29-25)21-16-19(26)8-9-22(21)27-24/h3-9,16,18,23,27H,10-15H2,1-2H3. The van der Waals surface area contributed by atoms with E-state index in [1.165, 1.54) is 22.9 Å². The van der Waals surface area contributed by atoms with Gasteiger partial charge in [0, 0.05) is 16.9 Å². The molecule has 2 aliphatic rings. The molecule has 3 nitrogen and oxygen atoms in total. The smallest absolute Gasteiger partial charge is 0.123 e. The van der Waals surface area contributed by atoms with E-state index in [-0.39, 0.29) is 11.4 Å². The van der Waals surface area contributed by atoms with Crippen molar-refractivity contribution in [3.05, 3.63) is 71.2 Å². The molecule has 0 amide bonds. The van der Waals surface area contributed by atoms with E-state index < -0.39 is 0 Å². The number of benzene rings is 2. The van der Waals surface area contributed by atoms with Crippen LogP contribution < -0.4 is 0 Å². The predicted octanol–water partition coefficient (Wildman–Crippen LogP) is 5.57. The van der Waals surface area contributed by atoms with Crippen LogP contribution in [0.4, 0.5) is 4.39 Å². The molecular formula is C25H29FN2O. The number of nitrogens with one attached hydrogen (secondary N) is 1. The molecule has 5 rings (SSSR count). The summed E-state index contributed by atoms with van der Waals surface area (Å²) in [5.41, 5.74) is 4.64. The van der Waals surface area contributed by atoms with Gasteiger partial charge in [-0.15, -0.1) is 0 Å². The Morgan fingerprint density at radius 3 is 2.59 bits per heavy atom. The highest BCUT2D eigenvalue weighted by atomic mass is 19.1. The summed E-state index contributed by atoms with van der Waals surface area (Å²) in [4.78, 5) is 5.96. The molecule has 1 saturated carbocycles. The van der Waals surface area contributed by atoms with Gasteiger partial charge in [-0.3, -0.25) is 0 Å². The molecule has 4 heteroatoms. The van der Waals surface area contributed by atoms with Crippen molar-refractivity contribution in [3.8, 4) is 0 Å². The molecule has 0 radical (unpaired) electrons. The largest absolute Gasteiger partial charge is 0.368 e. The number of rotatable bonds is 3. The highest BCUT2D eigenvalue weighted by molar-refractivity contribution is 5.85. The second-order valence-corrected chi connectivity index (χ2v) is 8.92. The third-order valence-corrected chi connectivity index (χ3v) is 7.04. The molecule has 3 aromatic rings. The lowest BCUT2D eigenvalue weighted by Crippen LogP contribution is -2.41. The van der Waals surface area contributed by atoms with Crippen LogP contribution in [0.25, 0.3) is 10.9 Å². The highest BCUT2D eigenvalue weighted by Gasteiger charge is 2.44. The number of aromatic amines is 1. The fourth-order valence-corrected chi connectivity index (χ4v) is 5.75. The molecule has 2 aromatic carbocycles. The minimum Gasteiger partial charge on any atom is -0.368 e. The van der Waals surface area contributed by atoms with Gasteiger partial charge in [0.05, 0.1) is 12.3 Å². The van der Waals surface area contributed by atoms with Gasteiger partial charge in [-0.2, -0.15) is 0 Å². The second kappa shape index (κ2) is 7.26. The Morgan fingerprint density at radius 1 is 1.10 bits per heavy atom. The van der Waals surface area contributed by atoms with Crippen molar-refractivity contribution >= 4 is 10.9 Å². The minimum atomic E-state index is -0.243. The van der Waals surface area contributed by atoms with Crippen molar-refractivity contribution < 1.29 is 9.13 Å². The Hall–Kier alpha value is -2.17. The van der Waals surface area contributed by atoms with Gasteiger partial charge >= 0.3 is 0 Å². The number of hydrogen-bond donors (Lipinski definition) is 1. The molecule has 1 atom stereocenters. The zero-order chi connectivity index (χ0) is 20.0. The van der Waals surface area contributed by atoms with Crippen LogP contribution in [0.5, 0.6) is 0 Å². The lowest BCUT2D eigenvalue weighted by molar-refractivity contribution is -0.0997. The molecule has 2 heterocycles. The predicted molar refractivity (Wildman–Crippen MR) is 114 cm³/mol. The van der Waals surface area contributed by atoms with Crippen LogP contribution in [-0.4, -0.2) is 30.6 Å². The zero-order valence-corrected chi connectivity index (χ0v) is 17.2. The summed E-state index contributed by atoms with van der Waals surface area (Å²) >= 11 is 0. The van der Waals surface area contributed by atoms with Crippen LogP contribution in [0.15, 0.2) is 48.5 Å². The number of hydrogen-bond acceptors (Lipinski definition) is 2. The van der Waals surface area contributed by atoms with Crippen LogP contribution in [0.3, 0.4) is 0 Å². The molecule has 1 spiro atoms. The van der Waals surface area contributed by atoms with E-state index in [1.54, 1.807) is 6.07 Å². The fraction of sp³-hybridized carbons (Fsp3) is 0.440. The molecule has 1 aliphatic heterocycles. The van der Waals surface area contributed by atoms with E-state index in [2.05, 4.69) is 54.3 Å². The summed E-state index contributed by atoms with van der Waals surface area (Å²) in [6.45, 7) is 0.719. The summed E-state index contributed by atoms with van der Waals surface area (Å²) in [7, 11) is 4.37. The Balaban J connectivity index is 1.44. The first-order chi connectivity index (χ1) is 14.1. The lowest BCUT2D eigenvalue weighted by atomic mass is 9.71. The van der Waals surface area contributed by atoms with Gasteiger partial charge < -0.3 is 14.6 Å². The topological polar surface area (TPSA) is 28.3 Å². The Kier molecular flexibility index (Phi) is 4.72. The number of fused-ring (bicyclic) bond motifs is 4. The number of H-pyrrole nitrogens is 1. The van der Waals surface area contributed by atoms with Gasteiger partial charge in [0.1, 0.15) is 11.4 Å². The van der Waals surface area contributed by atoms with Crippen molar-refractivity contribution in [2.75, 3.05) is 20.7 Å². The highest BCUT2D eigenvalue weighted by Crippen LogP contribution is 2.50. The van der Waals surface area contributed by atoms with Gasteiger partial charge in [-0.05, 0) is 81.4 Å². The Bertz CT molecular complexity index is 1000. The van der Waals surface area contributed by atoms with Gasteiger partial charge in [-0.1, -0.05) is 30.3 Å². The Morgan fingerprint density at radius 2 is 1.86 bits per heavy atom. The average molecular weight is 393 g/mol. The van der Waals surface area contributed by atoms with Crippen LogP contribution in [0.1, 0.15) is 48.5 Å².